The molecule has 0 aliphatic rings. The second-order valence-electron chi connectivity index (χ2n) is 20.9. The van der Waals surface area contributed by atoms with Crippen molar-refractivity contribution in [2.45, 2.75) is 0 Å². The standard InChI is InChI=1S/C78H52N2/c1-3-16-53(17-4-1)55-34-36-56(37-35-55)59-20-11-23-62(46-59)63-24-12-21-60(47-63)57-38-40-58(41-39-57)61-22-13-25-64(48-61)66-27-15-29-70(50-66)80-76-33-10-8-31-72(76)74-52-68(43-45-78(74)80)67-42-44-77-73(51-67)71-30-7-9-32-75(71)79(77)69-28-14-26-65(49-69)54-18-5-2-6-19-54/h1-52H. The van der Waals surface area contributed by atoms with Gasteiger partial charge in [-0.05, 0) is 168 Å². The van der Waals surface area contributed by atoms with Crippen LogP contribution >= 0.6 is 0 Å². The first-order valence-electron chi connectivity index (χ1n) is 27.5. The molecule has 15 rings (SSSR count). The molecule has 0 N–H and O–H groups in total. The number of hydrogen-bond donors (Lipinski definition) is 0. The highest BCUT2D eigenvalue weighted by atomic mass is 15.0. The first kappa shape index (κ1) is 46.7. The van der Waals surface area contributed by atoms with Gasteiger partial charge in [-0.3, -0.25) is 0 Å². The fourth-order valence-electron chi connectivity index (χ4n) is 12.1. The maximum absolute atomic E-state index is 2.43. The summed E-state index contributed by atoms with van der Waals surface area (Å²) in [5.74, 6) is 0. The van der Waals surface area contributed by atoms with Gasteiger partial charge in [-0.25, -0.2) is 0 Å². The van der Waals surface area contributed by atoms with Gasteiger partial charge in [-0.2, -0.15) is 0 Å². The first-order chi connectivity index (χ1) is 39.6. The maximum atomic E-state index is 2.43. The molecule has 0 atom stereocenters. The van der Waals surface area contributed by atoms with Crippen LogP contribution in [0.3, 0.4) is 0 Å². The van der Waals surface area contributed by atoms with Gasteiger partial charge in [-0.1, -0.05) is 237 Å². The number of rotatable bonds is 10. The molecule has 80 heavy (non-hydrogen) atoms. The number of benzene rings is 13. The van der Waals surface area contributed by atoms with Crippen LogP contribution < -0.4 is 0 Å². The van der Waals surface area contributed by atoms with E-state index in [9.17, 15) is 0 Å². The lowest BCUT2D eigenvalue weighted by molar-refractivity contribution is 1.18. The van der Waals surface area contributed by atoms with Gasteiger partial charge in [0, 0.05) is 32.9 Å². The van der Waals surface area contributed by atoms with Gasteiger partial charge in [0.2, 0.25) is 0 Å². The Labute approximate surface area is 466 Å². The van der Waals surface area contributed by atoms with E-state index in [1.54, 1.807) is 0 Å². The van der Waals surface area contributed by atoms with Gasteiger partial charge in [-0.15, -0.1) is 0 Å². The van der Waals surface area contributed by atoms with E-state index in [0.29, 0.717) is 0 Å². The Kier molecular flexibility index (Phi) is 11.6. The van der Waals surface area contributed by atoms with E-state index in [4.69, 9.17) is 0 Å². The molecule has 0 spiro atoms. The molecule has 2 heteroatoms. The number of hydrogen-bond acceptors (Lipinski definition) is 0. The highest BCUT2D eigenvalue weighted by Gasteiger charge is 2.18. The molecule has 0 saturated carbocycles. The number of aromatic nitrogens is 2. The topological polar surface area (TPSA) is 9.86 Å². The second-order valence-corrected chi connectivity index (χ2v) is 20.9. The SMILES string of the molecule is c1ccc(-c2ccc(-c3cccc(-c4cccc(-c5ccc(-c6cccc(-c7cccc(-n8c9ccccc9c9cc(-c%10ccc%11c(c%10)c%10ccccc%10n%11-c%10cccc(-c%11ccccc%11)c%10)ccc98)c7)c6)cc5)c4)c3)cc2)cc1. The quantitative estimate of drug-likeness (QED) is 0.129. The van der Waals surface area contributed by atoms with E-state index in [0.717, 1.165) is 11.4 Å². The summed E-state index contributed by atoms with van der Waals surface area (Å²) in [6, 6.07) is 115. The van der Waals surface area contributed by atoms with Crippen molar-refractivity contribution in [2.24, 2.45) is 0 Å². The smallest absolute Gasteiger partial charge is 0.0541 e. The Bertz CT molecular complexity index is 4790. The van der Waals surface area contributed by atoms with E-state index in [2.05, 4.69) is 325 Å². The molecular formula is C78H52N2. The Morgan fingerprint density at radius 3 is 0.775 bits per heavy atom. The molecule has 0 amide bonds. The predicted molar refractivity (Wildman–Crippen MR) is 339 cm³/mol. The molecule has 0 saturated heterocycles. The summed E-state index contributed by atoms with van der Waals surface area (Å²) in [5.41, 5.74) is 26.2. The zero-order valence-electron chi connectivity index (χ0n) is 43.9. The summed E-state index contributed by atoms with van der Waals surface area (Å²) in [6.45, 7) is 0. The average Bonchev–Trinajstić information content (AvgIpc) is 4.22. The third-order valence-electron chi connectivity index (χ3n) is 16.1. The lowest BCUT2D eigenvalue weighted by Gasteiger charge is -2.12. The van der Waals surface area contributed by atoms with E-state index >= 15 is 0 Å². The number of nitrogens with zero attached hydrogens (tertiary/aromatic N) is 2. The van der Waals surface area contributed by atoms with Gasteiger partial charge in [0.25, 0.3) is 0 Å². The molecule has 0 aliphatic heterocycles. The maximum Gasteiger partial charge on any atom is 0.0541 e. The van der Waals surface area contributed by atoms with E-state index in [1.807, 2.05) is 0 Å². The Hall–Kier alpha value is -10.5. The third kappa shape index (κ3) is 8.48. The van der Waals surface area contributed by atoms with Crippen LogP contribution in [0.4, 0.5) is 0 Å². The molecule has 0 bridgehead atoms. The Balaban J connectivity index is 0.708. The van der Waals surface area contributed by atoms with Crippen LogP contribution in [0.2, 0.25) is 0 Å². The second kappa shape index (κ2) is 19.8. The van der Waals surface area contributed by atoms with Crippen LogP contribution in [-0.2, 0) is 0 Å². The summed E-state index contributed by atoms with van der Waals surface area (Å²) in [4.78, 5) is 0. The van der Waals surface area contributed by atoms with Crippen LogP contribution in [0.5, 0.6) is 0 Å². The molecule has 2 aromatic heterocycles. The van der Waals surface area contributed by atoms with Crippen molar-refractivity contribution in [3.8, 4) is 100 Å². The molecule has 0 aliphatic carbocycles. The van der Waals surface area contributed by atoms with Gasteiger partial charge in [0.05, 0.1) is 22.1 Å². The summed E-state index contributed by atoms with van der Waals surface area (Å²) in [7, 11) is 0. The Morgan fingerprint density at radius 1 is 0.138 bits per heavy atom. The summed E-state index contributed by atoms with van der Waals surface area (Å²) in [6.07, 6.45) is 0. The number of para-hydroxylation sites is 2. The first-order valence-corrected chi connectivity index (χ1v) is 27.5. The van der Waals surface area contributed by atoms with Crippen molar-refractivity contribution in [3.05, 3.63) is 315 Å². The minimum Gasteiger partial charge on any atom is -0.309 e. The van der Waals surface area contributed by atoms with Crippen molar-refractivity contribution >= 4 is 43.6 Å². The lowest BCUT2D eigenvalue weighted by Crippen LogP contribution is -1.94. The number of fused-ring (bicyclic) bond motifs is 6. The van der Waals surface area contributed by atoms with E-state index in [-0.39, 0.29) is 0 Å². The summed E-state index contributed by atoms with van der Waals surface area (Å²) in [5, 5.41) is 4.95. The Morgan fingerprint density at radius 2 is 0.375 bits per heavy atom. The van der Waals surface area contributed by atoms with Crippen molar-refractivity contribution in [3.63, 3.8) is 0 Å². The molecule has 13 aromatic carbocycles. The lowest BCUT2D eigenvalue weighted by atomic mass is 9.94. The third-order valence-corrected chi connectivity index (χ3v) is 16.1. The molecule has 0 unspecified atom stereocenters. The van der Waals surface area contributed by atoms with Crippen molar-refractivity contribution in [1.29, 1.82) is 0 Å². The molecule has 15 aromatic rings. The van der Waals surface area contributed by atoms with Crippen molar-refractivity contribution < 1.29 is 0 Å². The largest absolute Gasteiger partial charge is 0.309 e. The van der Waals surface area contributed by atoms with E-state index in [1.165, 1.54) is 133 Å². The highest BCUT2D eigenvalue weighted by molar-refractivity contribution is 6.13. The van der Waals surface area contributed by atoms with Crippen molar-refractivity contribution in [2.75, 3.05) is 0 Å². The molecule has 0 fully saturated rings. The van der Waals surface area contributed by atoms with Gasteiger partial charge in [0.1, 0.15) is 0 Å². The average molecular weight is 1020 g/mol. The predicted octanol–water partition coefficient (Wildman–Crippen LogP) is 21.2. The molecule has 374 valence electrons. The summed E-state index contributed by atoms with van der Waals surface area (Å²) < 4.78 is 4.84. The monoisotopic (exact) mass is 1020 g/mol. The molecule has 2 heterocycles. The zero-order chi connectivity index (χ0) is 52.9. The highest BCUT2D eigenvalue weighted by Crippen LogP contribution is 2.40. The molecular weight excluding hydrogens is 965 g/mol. The fraction of sp³-hybridized carbons (Fsp3) is 0. The zero-order valence-corrected chi connectivity index (χ0v) is 43.9. The molecule has 0 radical (unpaired) electrons. The van der Waals surface area contributed by atoms with Crippen LogP contribution in [0, 0.1) is 0 Å². The van der Waals surface area contributed by atoms with Gasteiger partial charge < -0.3 is 9.13 Å². The normalized spacial score (nSPS) is 11.5. The van der Waals surface area contributed by atoms with Gasteiger partial charge in [0.15, 0.2) is 0 Å². The van der Waals surface area contributed by atoms with Crippen LogP contribution in [0.15, 0.2) is 315 Å². The van der Waals surface area contributed by atoms with Gasteiger partial charge >= 0.3 is 0 Å². The van der Waals surface area contributed by atoms with Crippen LogP contribution in [-0.4, -0.2) is 9.13 Å². The summed E-state index contributed by atoms with van der Waals surface area (Å²) >= 11 is 0. The molecule has 2 nitrogen and oxygen atoms in total. The van der Waals surface area contributed by atoms with Crippen LogP contribution in [0.1, 0.15) is 0 Å². The minimum absolute atomic E-state index is 1.13. The van der Waals surface area contributed by atoms with E-state index < -0.39 is 0 Å². The fourth-order valence-corrected chi connectivity index (χ4v) is 12.1. The minimum atomic E-state index is 1.13. The van der Waals surface area contributed by atoms with Crippen LogP contribution in [0.25, 0.3) is 144 Å². The van der Waals surface area contributed by atoms with Crippen molar-refractivity contribution in [1.82, 2.24) is 9.13 Å².